The molecule has 0 saturated heterocycles. The predicted octanol–water partition coefficient (Wildman–Crippen LogP) is 3.27. The van der Waals surface area contributed by atoms with Gasteiger partial charge in [-0.05, 0) is 45.6 Å². The van der Waals surface area contributed by atoms with Gasteiger partial charge in [-0.2, -0.15) is 0 Å². The van der Waals surface area contributed by atoms with Crippen molar-refractivity contribution in [2.75, 3.05) is 13.6 Å². The largest absolute Gasteiger partial charge is 0.319 e. The zero-order valence-electron chi connectivity index (χ0n) is 9.44. The number of hydrogen-bond donors (Lipinski definition) is 1. The van der Waals surface area contributed by atoms with Crippen LogP contribution in [0.3, 0.4) is 0 Å². The molecule has 0 heterocycles. The highest BCUT2D eigenvalue weighted by Gasteiger charge is 2.36. The molecule has 2 aliphatic carbocycles. The second-order valence-electron chi connectivity index (χ2n) is 4.99. The third kappa shape index (κ3) is 1.88. The first-order chi connectivity index (χ1) is 6.87. The minimum absolute atomic E-state index is 0.565. The van der Waals surface area contributed by atoms with Crippen LogP contribution >= 0.6 is 0 Å². The molecule has 1 saturated carbocycles. The summed E-state index contributed by atoms with van der Waals surface area (Å²) in [5, 5.41) is 3.41. The van der Waals surface area contributed by atoms with E-state index in [1.54, 1.807) is 5.57 Å². The van der Waals surface area contributed by atoms with Crippen LogP contribution in [0, 0.1) is 5.41 Å². The minimum Gasteiger partial charge on any atom is -0.319 e. The second kappa shape index (κ2) is 4.48. The molecular formula is C13H23N. The molecular weight excluding hydrogens is 170 g/mol. The first kappa shape index (κ1) is 10.2. The maximum absolute atomic E-state index is 3.41. The van der Waals surface area contributed by atoms with Gasteiger partial charge in [0, 0.05) is 12.0 Å². The zero-order valence-corrected chi connectivity index (χ0v) is 9.44. The Balaban J connectivity index is 2.12. The molecule has 2 aliphatic rings. The van der Waals surface area contributed by atoms with E-state index < -0.39 is 0 Å². The van der Waals surface area contributed by atoms with E-state index in [2.05, 4.69) is 18.4 Å². The lowest BCUT2D eigenvalue weighted by Crippen LogP contribution is -2.32. The smallest absolute Gasteiger partial charge is 0.00422 e. The normalized spacial score (nSPS) is 26.2. The third-order valence-corrected chi connectivity index (χ3v) is 4.05. The van der Waals surface area contributed by atoms with Crippen LogP contribution in [0.15, 0.2) is 11.6 Å². The molecule has 0 bridgehead atoms. The summed E-state index contributed by atoms with van der Waals surface area (Å²) in [6, 6.07) is 0. The summed E-state index contributed by atoms with van der Waals surface area (Å²) in [7, 11) is 2.10. The van der Waals surface area contributed by atoms with Crippen LogP contribution in [-0.4, -0.2) is 13.6 Å². The van der Waals surface area contributed by atoms with Crippen molar-refractivity contribution in [2.45, 2.75) is 51.4 Å². The van der Waals surface area contributed by atoms with Crippen molar-refractivity contribution in [2.24, 2.45) is 5.41 Å². The van der Waals surface area contributed by atoms with Crippen molar-refractivity contribution in [3.63, 3.8) is 0 Å². The van der Waals surface area contributed by atoms with Crippen LogP contribution in [0.25, 0.3) is 0 Å². The molecule has 80 valence electrons. The number of nitrogens with one attached hydrogen (secondary N) is 1. The Labute approximate surface area is 88.0 Å². The Bertz CT molecular complexity index is 211. The van der Waals surface area contributed by atoms with E-state index in [1.807, 2.05) is 0 Å². The highest BCUT2D eigenvalue weighted by atomic mass is 14.8. The fraction of sp³-hybridized carbons (Fsp3) is 0.846. The van der Waals surface area contributed by atoms with Gasteiger partial charge in [0.1, 0.15) is 0 Å². The van der Waals surface area contributed by atoms with Gasteiger partial charge in [-0.25, -0.2) is 0 Å². The molecule has 2 rings (SSSR count). The highest BCUT2D eigenvalue weighted by Crippen LogP contribution is 2.46. The fourth-order valence-electron chi connectivity index (χ4n) is 3.32. The number of rotatable bonds is 3. The molecule has 1 nitrogen and oxygen atoms in total. The lowest BCUT2D eigenvalue weighted by Gasteiger charge is -2.34. The maximum Gasteiger partial charge on any atom is 0.00422 e. The molecule has 0 radical (unpaired) electrons. The van der Waals surface area contributed by atoms with E-state index in [-0.39, 0.29) is 0 Å². The average molecular weight is 193 g/mol. The Morgan fingerprint density at radius 3 is 2.57 bits per heavy atom. The zero-order chi connectivity index (χ0) is 9.86. The molecule has 0 atom stereocenters. The summed E-state index contributed by atoms with van der Waals surface area (Å²) >= 11 is 0. The summed E-state index contributed by atoms with van der Waals surface area (Å²) in [6.45, 7) is 1.21. The van der Waals surface area contributed by atoms with Gasteiger partial charge in [-0.3, -0.25) is 0 Å². The average Bonchev–Trinajstić information content (AvgIpc) is 2.70. The molecule has 0 aromatic rings. The SMILES string of the molecule is CNCC1(C2=CCCCC2)CCCC1. The topological polar surface area (TPSA) is 12.0 Å². The quantitative estimate of drug-likeness (QED) is 0.678. The molecule has 1 fully saturated rings. The van der Waals surface area contributed by atoms with Crippen LogP contribution in [-0.2, 0) is 0 Å². The summed E-state index contributed by atoms with van der Waals surface area (Å²) in [4.78, 5) is 0. The summed E-state index contributed by atoms with van der Waals surface area (Å²) in [6.07, 6.45) is 13.8. The summed E-state index contributed by atoms with van der Waals surface area (Å²) in [5.74, 6) is 0. The van der Waals surface area contributed by atoms with Gasteiger partial charge in [-0.1, -0.05) is 24.5 Å². The van der Waals surface area contributed by atoms with Gasteiger partial charge < -0.3 is 5.32 Å². The molecule has 0 amide bonds. The van der Waals surface area contributed by atoms with Gasteiger partial charge in [0.05, 0.1) is 0 Å². The first-order valence-corrected chi connectivity index (χ1v) is 6.21. The molecule has 0 aromatic carbocycles. The Morgan fingerprint density at radius 1 is 1.21 bits per heavy atom. The fourth-order valence-corrected chi connectivity index (χ4v) is 3.32. The van der Waals surface area contributed by atoms with Crippen molar-refractivity contribution in [1.29, 1.82) is 0 Å². The van der Waals surface area contributed by atoms with Crippen LogP contribution in [0.1, 0.15) is 51.4 Å². The van der Waals surface area contributed by atoms with E-state index in [0.29, 0.717) is 5.41 Å². The molecule has 0 spiro atoms. The van der Waals surface area contributed by atoms with Crippen molar-refractivity contribution in [3.05, 3.63) is 11.6 Å². The van der Waals surface area contributed by atoms with Gasteiger partial charge in [0.15, 0.2) is 0 Å². The number of hydrogen-bond acceptors (Lipinski definition) is 1. The number of allylic oxidation sites excluding steroid dienone is 1. The molecule has 0 aromatic heterocycles. The predicted molar refractivity (Wildman–Crippen MR) is 61.4 cm³/mol. The van der Waals surface area contributed by atoms with Crippen molar-refractivity contribution < 1.29 is 0 Å². The van der Waals surface area contributed by atoms with E-state index in [9.17, 15) is 0 Å². The first-order valence-electron chi connectivity index (χ1n) is 6.21. The summed E-state index contributed by atoms with van der Waals surface area (Å²) < 4.78 is 0. The standard InChI is InChI=1S/C13H23N/c1-14-11-13(9-5-6-10-13)12-7-3-2-4-8-12/h7,14H,2-6,8-11H2,1H3. The van der Waals surface area contributed by atoms with Gasteiger partial charge >= 0.3 is 0 Å². The Hall–Kier alpha value is -0.300. The molecule has 1 heteroatoms. The highest BCUT2D eigenvalue weighted by molar-refractivity contribution is 5.19. The van der Waals surface area contributed by atoms with Crippen LogP contribution < -0.4 is 5.32 Å². The monoisotopic (exact) mass is 193 g/mol. The van der Waals surface area contributed by atoms with Crippen LogP contribution in [0.2, 0.25) is 0 Å². The minimum atomic E-state index is 0.565. The van der Waals surface area contributed by atoms with E-state index >= 15 is 0 Å². The summed E-state index contributed by atoms with van der Waals surface area (Å²) in [5.41, 5.74) is 2.35. The lowest BCUT2D eigenvalue weighted by atomic mass is 9.74. The van der Waals surface area contributed by atoms with Crippen molar-refractivity contribution >= 4 is 0 Å². The maximum atomic E-state index is 3.41. The van der Waals surface area contributed by atoms with Crippen molar-refractivity contribution in [3.8, 4) is 0 Å². The van der Waals surface area contributed by atoms with Gasteiger partial charge in [0.2, 0.25) is 0 Å². The molecule has 1 N–H and O–H groups in total. The van der Waals surface area contributed by atoms with Crippen LogP contribution in [0.4, 0.5) is 0 Å². The Kier molecular flexibility index (Phi) is 3.27. The molecule has 0 unspecified atom stereocenters. The third-order valence-electron chi connectivity index (χ3n) is 4.05. The van der Waals surface area contributed by atoms with E-state index in [1.165, 1.54) is 57.9 Å². The van der Waals surface area contributed by atoms with Crippen molar-refractivity contribution in [1.82, 2.24) is 5.32 Å². The lowest BCUT2D eigenvalue weighted by molar-refractivity contribution is 0.334. The van der Waals surface area contributed by atoms with E-state index in [0.717, 1.165) is 0 Å². The second-order valence-corrected chi connectivity index (χ2v) is 4.99. The van der Waals surface area contributed by atoms with E-state index in [4.69, 9.17) is 0 Å². The van der Waals surface area contributed by atoms with Gasteiger partial charge in [0.25, 0.3) is 0 Å². The van der Waals surface area contributed by atoms with Crippen LogP contribution in [0.5, 0.6) is 0 Å². The molecule has 14 heavy (non-hydrogen) atoms. The molecule has 0 aliphatic heterocycles. The van der Waals surface area contributed by atoms with Gasteiger partial charge in [-0.15, -0.1) is 0 Å². The Morgan fingerprint density at radius 2 is 2.00 bits per heavy atom.